The number of carbonyl (C=O) groups is 1. The second-order valence-corrected chi connectivity index (χ2v) is 6.24. The van der Waals surface area contributed by atoms with E-state index >= 15 is 0 Å². The van der Waals surface area contributed by atoms with Gasteiger partial charge >= 0.3 is 0 Å². The van der Waals surface area contributed by atoms with Crippen molar-refractivity contribution in [2.75, 3.05) is 38.0 Å². The lowest BCUT2D eigenvalue weighted by atomic mass is 10.0. The van der Waals surface area contributed by atoms with Crippen LogP contribution >= 0.6 is 12.4 Å². The molecule has 1 aromatic rings. The van der Waals surface area contributed by atoms with E-state index in [2.05, 4.69) is 28.5 Å². The van der Waals surface area contributed by atoms with Crippen molar-refractivity contribution in [2.45, 2.75) is 13.8 Å². The fourth-order valence-electron chi connectivity index (χ4n) is 3.43. The zero-order chi connectivity index (χ0) is 14.1. The van der Waals surface area contributed by atoms with Crippen LogP contribution in [0.1, 0.15) is 11.1 Å². The number of hydrogen-bond donors (Lipinski definition) is 2. The van der Waals surface area contributed by atoms with Crippen molar-refractivity contribution in [3.8, 4) is 0 Å². The molecule has 2 aliphatic heterocycles. The maximum Gasteiger partial charge on any atom is 0.238 e. The van der Waals surface area contributed by atoms with Crippen molar-refractivity contribution in [1.82, 2.24) is 10.2 Å². The van der Waals surface area contributed by atoms with Gasteiger partial charge in [-0.1, -0.05) is 17.7 Å². The lowest BCUT2D eigenvalue weighted by molar-refractivity contribution is -0.117. The molecule has 5 heteroatoms. The topological polar surface area (TPSA) is 44.4 Å². The highest BCUT2D eigenvalue weighted by atomic mass is 35.5. The molecular formula is C16H24ClN3O. The molecule has 2 atom stereocenters. The van der Waals surface area contributed by atoms with Gasteiger partial charge in [-0.2, -0.15) is 0 Å². The predicted molar refractivity (Wildman–Crippen MR) is 88.1 cm³/mol. The summed E-state index contributed by atoms with van der Waals surface area (Å²) in [5.74, 6) is 1.58. The van der Waals surface area contributed by atoms with Crippen LogP contribution in [0.4, 0.5) is 5.69 Å². The number of likely N-dealkylation sites (tertiary alicyclic amines) is 1. The third-order valence-corrected chi connectivity index (χ3v) is 4.49. The monoisotopic (exact) mass is 309 g/mol. The average molecular weight is 310 g/mol. The Morgan fingerprint density at radius 3 is 2.57 bits per heavy atom. The Balaban J connectivity index is 0.00000161. The van der Waals surface area contributed by atoms with Crippen LogP contribution in [-0.4, -0.2) is 43.5 Å². The number of anilines is 1. The van der Waals surface area contributed by atoms with Crippen LogP contribution in [0.5, 0.6) is 0 Å². The summed E-state index contributed by atoms with van der Waals surface area (Å²) in [6.07, 6.45) is 0. The third kappa shape index (κ3) is 3.76. The molecular weight excluding hydrogens is 286 g/mol. The van der Waals surface area contributed by atoms with E-state index in [0.717, 1.165) is 49.3 Å². The van der Waals surface area contributed by atoms with Gasteiger partial charge in [0.1, 0.15) is 0 Å². The molecule has 3 rings (SSSR count). The standard InChI is InChI=1S/C16H23N3O.ClH/c1-11-3-4-15(12(2)5-11)18-16(20)10-19-8-13-6-17-7-14(13)9-19;/h3-5,13-14,17H,6-10H2,1-2H3,(H,18,20);1H/t13-,14+;. The van der Waals surface area contributed by atoms with E-state index in [1.165, 1.54) is 5.56 Å². The smallest absolute Gasteiger partial charge is 0.238 e. The van der Waals surface area contributed by atoms with Gasteiger partial charge in [0.15, 0.2) is 0 Å². The summed E-state index contributed by atoms with van der Waals surface area (Å²) in [7, 11) is 0. The summed E-state index contributed by atoms with van der Waals surface area (Å²) < 4.78 is 0. The fourth-order valence-corrected chi connectivity index (χ4v) is 3.43. The number of aryl methyl sites for hydroxylation is 2. The first-order valence-corrected chi connectivity index (χ1v) is 7.42. The summed E-state index contributed by atoms with van der Waals surface area (Å²) in [6.45, 7) is 8.94. The third-order valence-electron chi connectivity index (χ3n) is 4.49. The minimum Gasteiger partial charge on any atom is -0.325 e. The van der Waals surface area contributed by atoms with Crippen molar-refractivity contribution in [3.63, 3.8) is 0 Å². The van der Waals surface area contributed by atoms with E-state index in [1.807, 2.05) is 19.1 Å². The Morgan fingerprint density at radius 2 is 1.95 bits per heavy atom. The quantitative estimate of drug-likeness (QED) is 0.895. The number of benzene rings is 1. The highest BCUT2D eigenvalue weighted by Gasteiger charge is 2.36. The molecule has 0 bridgehead atoms. The summed E-state index contributed by atoms with van der Waals surface area (Å²) in [4.78, 5) is 14.4. The molecule has 0 aliphatic carbocycles. The lowest BCUT2D eigenvalue weighted by Gasteiger charge is -2.17. The number of nitrogens with zero attached hydrogens (tertiary/aromatic N) is 1. The number of rotatable bonds is 3. The fraction of sp³-hybridized carbons (Fsp3) is 0.562. The van der Waals surface area contributed by atoms with Crippen LogP contribution in [-0.2, 0) is 4.79 Å². The van der Waals surface area contributed by atoms with Gasteiger partial charge < -0.3 is 10.6 Å². The van der Waals surface area contributed by atoms with Crippen LogP contribution in [0.3, 0.4) is 0 Å². The summed E-state index contributed by atoms with van der Waals surface area (Å²) >= 11 is 0. The first-order chi connectivity index (χ1) is 9.61. The maximum absolute atomic E-state index is 12.2. The molecule has 0 aromatic heterocycles. The van der Waals surface area contributed by atoms with Gasteiger partial charge in [0.2, 0.25) is 5.91 Å². The van der Waals surface area contributed by atoms with E-state index in [0.29, 0.717) is 6.54 Å². The van der Waals surface area contributed by atoms with Crippen LogP contribution in [0.25, 0.3) is 0 Å². The van der Waals surface area contributed by atoms with Crippen molar-refractivity contribution < 1.29 is 4.79 Å². The number of fused-ring (bicyclic) bond motifs is 1. The van der Waals surface area contributed by atoms with Gasteiger partial charge in [0, 0.05) is 18.8 Å². The van der Waals surface area contributed by atoms with E-state index < -0.39 is 0 Å². The number of hydrogen-bond acceptors (Lipinski definition) is 3. The molecule has 0 unspecified atom stereocenters. The van der Waals surface area contributed by atoms with E-state index in [1.54, 1.807) is 0 Å². The van der Waals surface area contributed by atoms with Crippen LogP contribution in [0, 0.1) is 25.7 Å². The number of amides is 1. The summed E-state index contributed by atoms with van der Waals surface area (Å²) in [5.41, 5.74) is 3.28. The molecule has 21 heavy (non-hydrogen) atoms. The van der Waals surface area contributed by atoms with E-state index in [4.69, 9.17) is 0 Å². The highest BCUT2D eigenvalue weighted by Crippen LogP contribution is 2.26. The zero-order valence-electron chi connectivity index (χ0n) is 12.7. The average Bonchev–Trinajstić information content (AvgIpc) is 2.93. The van der Waals surface area contributed by atoms with Crippen molar-refractivity contribution >= 4 is 24.0 Å². The maximum atomic E-state index is 12.2. The second-order valence-electron chi connectivity index (χ2n) is 6.24. The molecule has 4 nitrogen and oxygen atoms in total. The van der Waals surface area contributed by atoms with Crippen molar-refractivity contribution in [3.05, 3.63) is 29.3 Å². The van der Waals surface area contributed by atoms with Crippen LogP contribution in [0.15, 0.2) is 18.2 Å². The summed E-state index contributed by atoms with van der Waals surface area (Å²) in [5, 5.41) is 6.46. The Bertz CT molecular complexity index is 508. The predicted octanol–water partition coefficient (Wildman–Crippen LogP) is 1.81. The van der Waals surface area contributed by atoms with Crippen molar-refractivity contribution in [1.29, 1.82) is 0 Å². The minimum absolute atomic E-state index is 0. The molecule has 2 heterocycles. The van der Waals surface area contributed by atoms with Gasteiger partial charge in [0.05, 0.1) is 6.54 Å². The Hall–Kier alpha value is -1.10. The van der Waals surface area contributed by atoms with Gasteiger partial charge in [-0.3, -0.25) is 9.69 Å². The molecule has 1 amide bonds. The normalized spacial score (nSPS) is 24.5. The van der Waals surface area contributed by atoms with E-state index in [9.17, 15) is 4.79 Å². The lowest BCUT2D eigenvalue weighted by Crippen LogP contribution is -2.33. The largest absolute Gasteiger partial charge is 0.325 e. The molecule has 116 valence electrons. The Kier molecular flexibility index (Phi) is 5.25. The molecule has 2 N–H and O–H groups in total. The molecule has 1 aromatic carbocycles. The highest BCUT2D eigenvalue weighted by molar-refractivity contribution is 5.93. The first-order valence-electron chi connectivity index (χ1n) is 7.42. The molecule has 2 fully saturated rings. The Labute approximate surface area is 132 Å². The van der Waals surface area contributed by atoms with Gasteiger partial charge in [-0.25, -0.2) is 0 Å². The molecule has 2 aliphatic rings. The summed E-state index contributed by atoms with van der Waals surface area (Å²) in [6, 6.07) is 6.13. The van der Waals surface area contributed by atoms with E-state index in [-0.39, 0.29) is 18.3 Å². The molecule has 0 saturated carbocycles. The number of nitrogens with one attached hydrogen (secondary N) is 2. The Morgan fingerprint density at radius 1 is 1.29 bits per heavy atom. The van der Waals surface area contributed by atoms with Gasteiger partial charge in [0.25, 0.3) is 0 Å². The van der Waals surface area contributed by atoms with Gasteiger partial charge in [-0.15, -0.1) is 12.4 Å². The van der Waals surface area contributed by atoms with Crippen molar-refractivity contribution in [2.24, 2.45) is 11.8 Å². The first kappa shape index (κ1) is 16.3. The molecule has 0 spiro atoms. The second kappa shape index (κ2) is 6.77. The zero-order valence-corrected chi connectivity index (χ0v) is 13.5. The SMILES string of the molecule is Cc1ccc(NC(=O)CN2C[C@H]3CNC[C@H]3C2)c(C)c1.Cl. The minimum atomic E-state index is 0. The van der Waals surface area contributed by atoms with Crippen LogP contribution < -0.4 is 10.6 Å². The van der Waals surface area contributed by atoms with Gasteiger partial charge in [-0.05, 0) is 50.4 Å². The van der Waals surface area contributed by atoms with Crippen LogP contribution in [0.2, 0.25) is 0 Å². The molecule has 2 saturated heterocycles. The molecule has 0 radical (unpaired) electrons. The number of carbonyl (C=O) groups excluding carboxylic acids is 1. The number of halogens is 1.